The van der Waals surface area contributed by atoms with Crippen LogP contribution in [0.4, 0.5) is 8.78 Å². The van der Waals surface area contributed by atoms with E-state index in [0.717, 1.165) is 25.1 Å². The van der Waals surface area contributed by atoms with Crippen LogP contribution in [0.5, 0.6) is 5.75 Å². The van der Waals surface area contributed by atoms with Crippen LogP contribution in [0.15, 0.2) is 42.5 Å². The van der Waals surface area contributed by atoms with Gasteiger partial charge < -0.3 is 9.64 Å². The number of benzene rings is 2. The third kappa shape index (κ3) is 4.55. The molecule has 130 valence electrons. The smallest absolute Gasteiger partial charge is 0.321 e. The van der Waals surface area contributed by atoms with E-state index in [1.54, 1.807) is 0 Å². The minimum absolute atomic E-state index is 0.0339. The maximum Gasteiger partial charge on any atom is 0.321 e. The summed E-state index contributed by atoms with van der Waals surface area (Å²) in [6, 6.07) is 11.0. The quantitative estimate of drug-likeness (QED) is 0.458. The molecule has 2 aromatic carbocycles. The van der Waals surface area contributed by atoms with Gasteiger partial charge in [0.25, 0.3) is 0 Å². The largest absolute Gasteiger partial charge is 0.423 e. The lowest BCUT2D eigenvalue weighted by Gasteiger charge is -2.30. The molecule has 0 atom stereocenters. The topological polar surface area (TPSA) is 29.5 Å². The van der Waals surface area contributed by atoms with E-state index >= 15 is 0 Å². The van der Waals surface area contributed by atoms with Crippen LogP contribution in [0, 0.1) is 11.6 Å². The number of carbonyl (C=O) groups excluding carboxylic acids is 1. The summed E-state index contributed by atoms with van der Waals surface area (Å²) in [4.78, 5) is 13.9. The van der Waals surface area contributed by atoms with Gasteiger partial charge in [-0.2, -0.15) is 0 Å². The Morgan fingerprint density at radius 2 is 1.96 bits per heavy atom. The van der Waals surface area contributed by atoms with Gasteiger partial charge in [-0.1, -0.05) is 48.2 Å². The summed E-state index contributed by atoms with van der Waals surface area (Å²) < 4.78 is 31.8. The molecular formula is C18H15F2NO2S2. The highest BCUT2D eigenvalue weighted by Crippen LogP contribution is 2.23. The van der Waals surface area contributed by atoms with Gasteiger partial charge in [-0.05, 0) is 29.7 Å². The number of hydrogen-bond acceptors (Lipinski definition) is 4. The first-order valence-corrected chi connectivity index (χ1v) is 9.06. The van der Waals surface area contributed by atoms with Gasteiger partial charge in [-0.25, -0.2) is 8.78 Å². The van der Waals surface area contributed by atoms with Crippen molar-refractivity contribution in [2.24, 2.45) is 0 Å². The summed E-state index contributed by atoms with van der Waals surface area (Å²) in [6.45, 7) is 1.51. The predicted molar refractivity (Wildman–Crippen MR) is 97.6 cm³/mol. The second-order valence-electron chi connectivity index (χ2n) is 5.54. The average molecular weight is 379 g/mol. The average Bonchev–Trinajstić information content (AvgIpc) is 2.61. The zero-order valence-corrected chi connectivity index (χ0v) is 14.8. The van der Waals surface area contributed by atoms with Gasteiger partial charge in [0.05, 0.1) is 5.75 Å². The van der Waals surface area contributed by atoms with Gasteiger partial charge in [0.2, 0.25) is 0 Å². The SMILES string of the molecule is O=C(CSC(=S)N1CCc2ccccc2C1)Oc1ccc(F)cc1F. The molecule has 0 saturated heterocycles. The Labute approximate surface area is 154 Å². The number of esters is 1. The molecule has 0 saturated carbocycles. The summed E-state index contributed by atoms with van der Waals surface area (Å²) in [5, 5.41) is 0. The van der Waals surface area contributed by atoms with Gasteiger partial charge in [-0.3, -0.25) is 4.79 Å². The highest BCUT2D eigenvalue weighted by molar-refractivity contribution is 8.23. The van der Waals surface area contributed by atoms with E-state index in [2.05, 4.69) is 12.1 Å². The zero-order chi connectivity index (χ0) is 17.8. The van der Waals surface area contributed by atoms with Crippen LogP contribution in [0.2, 0.25) is 0 Å². The molecule has 0 fully saturated rings. The van der Waals surface area contributed by atoms with Crippen LogP contribution >= 0.6 is 24.0 Å². The van der Waals surface area contributed by atoms with Crippen LogP contribution in [0.3, 0.4) is 0 Å². The summed E-state index contributed by atoms with van der Waals surface area (Å²) in [5.41, 5.74) is 2.55. The summed E-state index contributed by atoms with van der Waals surface area (Å²) >= 11 is 6.57. The van der Waals surface area contributed by atoms with E-state index in [9.17, 15) is 13.6 Å². The molecule has 7 heteroatoms. The second-order valence-corrected chi connectivity index (χ2v) is 7.15. The van der Waals surface area contributed by atoms with Crippen molar-refractivity contribution in [3.05, 3.63) is 65.2 Å². The molecule has 1 aliphatic heterocycles. The number of thiocarbonyl (C=S) groups is 1. The first kappa shape index (κ1) is 17.8. The molecule has 25 heavy (non-hydrogen) atoms. The maximum atomic E-state index is 13.5. The Kier molecular flexibility index (Phi) is 5.65. The standard InChI is InChI=1S/C18H15F2NO2S2/c19-14-5-6-16(15(20)9-14)23-17(22)11-25-18(24)21-8-7-12-3-1-2-4-13(12)10-21/h1-6,9H,7-8,10-11H2. The van der Waals surface area contributed by atoms with Crippen LogP contribution in [0.25, 0.3) is 0 Å². The monoisotopic (exact) mass is 379 g/mol. The Bertz CT molecular complexity index is 813. The molecule has 2 aromatic rings. The van der Waals surface area contributed by atoms with Gasteiger partial charge in [0, 0.05) is 19.2 Å². The number of ether oxygens (including phenoxy) is 1. The van der Waals surface area contributed by atoms with Crippen molar-refractivity contribution >= 4 is 34.3 Å². The van der Waals surface area contributed by atoms with Crippen molar-refractivity contribution in [1.29, 1.82) is 0 Å². The van der Waals surface area contributed by atoms with Crippen molar-refractivity contribution < 1.29 is 18.3 Å². The molecule has 3 nitrogen and oxygen atoms in total. The fourth-order valence-corrected chi connectivity index (χ4v) is 3.54. The molecule has 0 unspecified atom stereocenters. The zero-order valence-electron chi connectivity index (χ0n) is 13.2. The molecule has 0 radical (unpaired) electrons. The number of hydrogen-bond donors (Lipinski definition) is 0. The minimum Gasteiger partial charge on any atom is -0.423 e. The van der Waals surface area contributed by atoms with Gasteiger partial charge >= 0.3 is 5.97 Å². The van der Waals surface area contributed by atoms with Crippen LogP contribution in [-0.2, 0) is 17.8 Å². The minimum atomic E-state index is -0.909. The highest BCUT2D eigenvalue weighted by Gasteiger charge is 2.19. The fraction of sp³-hybridized carbons (Fsp3) is 0.222. The van der Waals surface area contributed by atoms with Crippen LogP contribution in [0.1, 0.15) is 11.1 Å². The molecule has 1 aliphatic rings. The molecule has 0 N–H and O–H groups in total. The van der Waals surface area contributed by atoms with E-state index in [1.165, 1.54) is 22.9 Å². The third-order valence-corrected chi connectivity index (χ3v) is 5.32. The second kappa shape index (κ2) is 7.93. The Hall–Kier alpha value is -1.99. The summed E-state index contributed by atoms with van der Waals surface area (Å²) in [6.07, 6.45) is 0.905. The van der Waals surface area contributed by atoms with E-state index in [0.29, 0.717) is 16.9 Å². The number of halogens is 2. The number of rotatable bonds is 3. The lowest BCUT2D eigenvalue weighted by atomic mass is 10.0. The molecule has 0 amide bonds. The van der Waals surface area contributed by atoms with E-state index < -0.39 is 17.6 Å². The molecule has 1 heterocycles. The number of thioether (sulfide) groups is 1. The highest BCUT2D eigenvalue weighted by atomic mass is 32.2. The third-order valence-electron chi connectivity index (χ3n) is 3.82. The van der Waals surface area contributed by atoms with E-state index in [-0.39, 0.29) is 11.5 Å². The van der Waals surface area contributed by atoms with Crippen molar-refractivity contribution in [1.82, 2.24) is 4.90 Å². The first-order valence-electron chi connectivity index (χ1n) is 7.67. The Morgan fingerprint density at radius 1 is 1.20 bits per heavy atom. The van der Waals surface area contributed by atoms with Crippen LogP contribution in [-0.4, -0.2) is 27.5 Å². The number of fused-ring (bicyclic) bond motifs is 1. The van der Waals surface area contributed by atoms with Crippen LogP contribution < -0.4 is 4.74 Å². The van der Waals surface area contributed by atoms with Gasteiger partial charge in [-0.15, -0.1) is 0 Å². The Morgan fingerprint density at radius 3 is 2.72 bits per heavy atom. The number of nitrogens with zero attached hydrogens (tertiary/aromatic N) is 1. The van der Waals surface area contributed by atoms with Crippen molar-refractivity contribution in [3.8, 4) is 5.75 Å². The summed E-state index contributed by atoms with van der Waals surface area (Å²) in [7, 11) is 0. The van der Waals surface area contributed by atoms with Gasteiger partial charge in [0.1, 0.15) is 10.1 Å². The molecule has 0 spiro atoms. The van der Waals surface area contributed by atoms with Crippen molar-refractivity contribution in [3.63, 3.8) is 0 Å². The molecule has 0 bridgehead atoms. The maximum absolute atomic E-state index is 13.5. The number of carbonyl (C=O) groups is 1. The normalized spacial score (nSPS) is 13.3. The van der Waals surface area contributed by atoms with E-state index in [4.69, 9.17) is 17.0 Å². The lowest BCUT2D eigenvalue weighted by Crippen LogP contribution is -2.33. The molecule has 0 aliphatic carbocycles. The molecule has 3 rings (SSSR count). The summed E-state index contributed by atoms with van der Waals surface area (Å²) in [5.74, 6) is -2.58. The predicted octanol–water partition coefficient (Wildman–Crippen LogP) is 3.95. The van der Waals surface area contributed by atoms with E-state index in [1.807, 2.05) is 17.0 Å². The lowest BCUT2D eigenvalue weighted by molar-refractivity contribution is -0.131. The fourth-order valence-electron chi connectivity index (χ4n) is 2.57. The molecule has 0 aromatic heterocycles. The first-order chi connectivity index (χ1) is 12.0. The van der Waals surface area contributed by atoms with Crippen molar-refractivity contribution in [2.45, 2.75) is 13.0 Å². The Balaban J connectivity index is 1.51. The van der Waals surface area contributed by atoms with Crippen molar-refractivity contribution in [2.75, 3.05) is 12.3 Å². The molecular weight excluding hydrogens is 364 g/mol. The van der Waals surface area contributed by atoms with Gasteiger partial charge in [0.15, 0.2) is 11.6 Å².